The molecule has 0 spiro atoms. The first-order valence-electron chi connectivity index (χ1n) is 9.33. The molecule has 3 nitrogen and oxygen atoms in total. The number of hydrogen-bond acceptors (Lipinski definition) is 3. The van der Waals surface area contributed by atoms with Crippen molar-refractivity contribution in [2.24, 2.45) is 5.10 Å². The summed E-state index contributed by atoms with van der Waals surface area (Å²) in [5, 5.41) is 8.14. The number of fused-ring (bicyclic) bond motifs is 3. The van der Waals surface area contributed by atoms with Crippen molar-refractivity contribution in [2.75, 3.05) is 0 Å². The quantitative estimate of drug-likeness (QED) is 0.378. The van der Waals surface area contributed by atoms with Crippen LogP contribution in [0.1, 0.15) is 40.9 Å². The summed E-state index contributed by atoms with van der Waals surface area (Å²) >= 11 is 16.3. The average Bonchev–Trinajstić information content (AvgIpc) is 3.14. The van der Waals surface area contributed by atoms with Crippen molar-refractivity contribution in [3.63, 3.8) is 0 Å². The highest BCUT2D eigenvalue weighted by Crippen LogP contribution is 2.50. The normalized spacial score (nSPS) is 20.0. The summed E-state index contributed by atoms with van der Waals surface area (Å²) in [6, 6.07) is 20.2. The fourth-order valence-electron chi connectivity index (χ4n) is 3.88. The van der Waals surface area contributed by atoms with Gasteiger partial charge in [0.15, 0.2) is 0 Å². The Morgan fingerprint density at radius 3 is 2.48 bits per heavy atom. The van der Waals surface area contributed by atoms with E-state index in [9.17, 15) is 0 Å². The molecule has 6 heteroatoms. The van der Waals surface area contributed by atoms with Crippen LogP contribution in [0.15, 0.2) is 70.2 Å². The maximum Gasteiger partial charge on any atom is 0.213 e. The Morgan fingerprint density at radius 1 is 1.03 bits per heavy atom. The third-order valence-electron chi connectivity index (χ3n) is 5.35. The topological polar surface area (TPSA) is 24.8 Å². The van der Waals surface area contributed by atoms with E-state index >= 15 is 0 Å². The lowest BCUT2D eigenvalue weighted by atomic mass is 9.96. The first-order valence-corrected chi connectivity index (χ1v) is 10.9. The van der Waals surface area contributed by atoms with Gasteiger partial charge in [-0.05, 0) is 36.8 Å². The van der Waals surface area contributed by atoms with Crippen LogP contribution in [0, 0.1) is 6.92 Å². The lowest BCUT2D eigenvalue weighted by Crippen LogP contribution is -2.33. The molecule has 0 bridgehead atoms. The van der Waals surface area contributed by atoms with E-state index in [1.807, 2.05) is 23.2 Å². The Labute approximate surface area is 188 Å². The number of benzene rings is 3. The Bertz CT molecular complexity index is 1110. The van der Waals surface area contributed by atoms with Gasteiger partial charge in [0, 0.05) is 27.0 Å². The minimum atomic E-state index is -0.347. The van der Waals surface area contributed by atoms with E-state index in [4.69, 9.17) is 33.0 Å². The van der Waals surface area contributed by atoms with Crippen molar-refractivity contribution in [1.82, 2.24) is 5.01 Å². The molecule has 0 unspecified atom stereocenters. The standard InChI is InChI=1S/C23H17BrCl2N2O/c1-13-2-4-15(5-3-13)23-28-21(18-10-17(25)11-19(26)22(18)29-23)12-20(27-28)14-6-8-16(24)9-7-14/h2-11,21,23H,12H2,1H3/t21-,23+/m1/s1. The van der Waals surface area contributed by atoms with Gasteiger partial charge in [0.05, 0.1) is 16.8 Å². The number of halogens is 3. The smallest absolute Gasteiger partial charge is 0.213 e. The summed E-state index contributed by atoms with van der Waals surface area (Å²) in [6.45, 7) is 2.07. The van der Waals surface area contributed by atoms with Gasteiger partial charge in [-0.15, -0.1) is 0 Å². The van der Waals surface area contributed by atoms with Gasteiger partial charge in [-0.25, -0.2) is 5.01 Å². The van der Waals surface area contributed by atoms with E-state index in [0.717, 1.165) is 33.3 Å². The average molecular weight is 488 g/mol. The molecule has 3 aromatic carbocycles. The first-order chi connectivity index (χ1) is 14.0. The van der Waals surface area contributed by atoms with E-state index in [2.05, 4.69) is 59.3 Å². The van der Waals surface area contributed by atoms with E-state index in [1.54, 1.807) is 6.07 Å². The van der Waals surface area contributed by atoms with Gasteiger partial charge in [0.1, 0.15) is 5.75 Å². The molecule has 0 radical (unpaired) electrons. The van der Waals surface area contributed by atoms with Crippen molar-refractivity contribution in [3.8, 4) is 5.75 Å². The lowest BCUT2D eigenvalue weighted by molar-refractivity contribution is -0.0189. The summed E-state index contributed by atoms with van der Waals surface area (Å²) in [7, 11) is 0. The van der Waals surface area contributed by atoms with Gasteiger partial charge >= 0.3 is 0 Å². The number of rotatable bonds is 2. The zero-order valence-electron chi connectivity index (χ0n) is 15.6. The SMILES string of the molecule is Cc1ccc([C@@H]2Oc3c(Cl)cc(Cl)cc3[C@H]3CC(c4ccc(Br)cc4)=NN32)cc1. The summed E-state index contributed by atoms with van der Waals surface area (Å²) in [5.41, 5.74) is 5.33. The summed E-state index contributed by atoms with van der Waals surface area (Å²) < 4.78 is 7.43. The van der Waals surface area contributed by atoms with Crippen LogP contribution in [0.5, 0.6) is 5.75 Å². The molecule has 146 valence electrons. The van der Waals surface area contributed by atoms with Crippen LogP contribution in [-0.4, -0.2) is 10.7 Å². The molecule has 29 heavy (non-hydrogen) atoms. The second-order valence-corrected chi connectivity index (χ2v) is 9.10. The molecule has 5 rings (SSSR count). The monoisotopic (exact) mass is 486 g/mol. The van der Waals surface area contributed by atoms with Crippen molar-refractivity contribution >= 4 is 44.8 Å². The van der Waals surface area contributed by atoms with Crippen LogP contribution in [0.2, 0.25) is 10.0 Å². The van der Waals surface area contributed by atoms with Crippen molar-refractivity contribution in [2.45, 2.75) is 25.6 Å². The Hall–Kier alpha value is -2.01. The first kappa shape index (κ1) is 19.0. The Morgan fingerprint density at radius 2 is 1.76 bits per heavy atom. The number of hydrazone groups is 1. The zero-order valence-corrected chi connectivity index (χ0v) is 18.7. The number of hydrogen-bond donors (Lipinski definition) is 0. The molecule has 2 aliphatic heterocycles. The van der Waals surface area contributed by atoms with Crippen LogP contribution in [0.4, 0.5) is 0 Å². The summed E-state index contributed by atoms with van der Waals surface area (Å²) in [6.07, 6.45) is 0.413. The second kappa shape index (κ2) is 7.35. The van der Waals surface area contributed by atoms with Gasteiger partial charge in [0.2, 0.25) is 6.23 Å². The Kier molecular flexibility index (Phi) is 4.81. The molecule has 2 aliphatic rings. The molecule has 3 aromatic rings. The van der Waals surface area contributed by atoms with Gasteiger partial charge in [-0.1, -0.05) is 81.1 Å². The molecule has 0 saturated heterocycles. The maximum atomic E-state index is 6.52. The van der Waals surface area contributed by atoms with Crippen molar-refractivity contribution in [3.05, 3.63) is 97.4 Å². The van der Waals surface area contributed by atoms with Crippen molar-refractivity contribution in [1.29, 1.82) is 0 Å². The van der Waals surface area contributed by atoms with Gasteiger partial charge in [-0.2, -0.15) is 5.10 Å². The molecule has 0 aliphatic carbocycles. The molecule has 0 N–H and O–H groups in total. The fraction of sp³-hybridized carbons (Fsp3) is 0.174. The molecule has 2 heterocycles. The molecule has 0 aromatic heterocycles. The zero-order chi connectivity index (χ0) is 20.1. The predicted molar refractivity (Wildman–Crippen MR) is 121 cm³/mol. The number of ether oxygens (including phenoxy) is 1. The van der Waals surface area contributed by atoms with Crippen molar-refractivity contribution < 1.29 is 4.74 Å². The van der Waals surface area contributed by atoms with Gasteiger partial charge in [-0.3, -0.25) is 0 Å². The lowest BCUT2D eigenvalue weighted by Gasteiger charge is -2.38. The molecule has 0 amide bonds. The maximum absolute atomic E-state index is 6.52. The number of nitrogens with zero attached hydrogens (tertiary/aromatic N) is 2. The molecule has 0 fully saturated rings. The Balaban J connectivity index is 1.62. The van der Waals surface area contributed by atoms with Crippen LogP contribution in [0.3, 0.4) is 0 Å². The molecule has 2 atom stereocenters. The van der Waals surface area contributed by atoms with Gasteiger partial charge in [0.25, 0.3) is 0 Å². The van der Waals surface area contributed by atoms with E-state index in [0.29, 0.717) is 15.8 Å². The second-order valence-electron chi connectivity index (χ2n) is 7.34. The fourth-order valence-corrected chi connectivity index (χ4v) is 4.70. The summed E-state index contributed by atoms with van der Waals surface area (Å²) in [4.78, 5) is 0. The highest BCUT2D eigenvalue weighted by Gasteiger charge is 2.42. The van der Waals surface area contributed by atoms with E-state index in [1.165, 1.54) is 5.56 Å². The third-order valence-corrected chi connectivity index (χ3v) is 6.38. The molecular weight excluding hydrogens is 471 g/mol. The highest BCUT2D eigenvalue weighted by molar-refractivity contribution is 9.10. The molecular formula is C23H17BrCl2N2O. The van der Waals surface area contributed by atoms with E-state index < -0.39 is 0 Å². The van der Waals surface area contributed by atoms with E-state index in [-0.39, 0.29) is 12.3 Å². The largest absolute Gasteiger partial charge is 0.463 e. The number of aryl methyl sites for hydroxylation is 1. The molecule has 0 saturated carbocycles. The minimum absolute atomic E-state index is 0.0138. The van der Waals surface area contributed by atoms with Gasteiger partial charge < -0.3 is 4.74 Å². The minimum Gasteiger partial charge on any atom is -0.463 e. The van der Waals surface area contributed by atoms with Crippen LogP contribution in [0.25, 0.3) is 0 Å². The van der Waals surface area contributed by atoms with Crippen LogP contribution < -0.4 is 4.74 Å². The summed E-state index contributed by atoms with van der Waals surface area (Å²) in [5.74, 6) is 0.690. The highest BCUT2D eigenvalue weighted by atomic mass is 79.9. The van der Waals surface area contributed by atoms with Crippen LogP contribution in [-0.2, 0) is 0 Å². The third kappa shape index (κ3) is 3.43. The van der Waals surface area contributed by atoms with Crippen LogP contribution >= 0.6 is 39.1 Å². The predicted octanol–water partition coefficient (Wildman–Crippen LogP) is 7.31.